The fourth-order valence-corrected chi connectivity index (χ4v) is 4.75. The minimum atomic E-state index is -0.849. The highest BCUT2D eigenvalue weighted by Crippen LogP contribution is 2.44. The number of benzene rings is 4. The van der Waals surface area contributed by atoms with E-state index in [1.165, 1.54) is 4.90 Å². The Labute approximate surface area is 215 Å². The second-order valence-electron chi connectivity index (χ2n) is 8.82. The topological polar surface area (TPSA) is 76.1 Å². The van der Waals surface area contributed by atoms with Crippen molar-refractivity contribution >= 4 is 33.9 Å². The zero-order chi connectivity index (χ0) is 25.9. The van der Waals surface area contributed by atoms with Gasteiger partial charge in [-0.3, -0.25) is 14.5 Å². The Morgan fingerprint density at radius 1 is 0.892 bits per heavy atom. The number of hydrogen-bond acceptors (Lipinski definition) is 5. The summed E-state index contributed by atoms with van der Waals surface area (Å²) in [5.74, 6) is -0.584. The van der Waals surface area contributed by atoms with E-state index < -0.39 is 17.7 Å². The van der Waals surface area contributed by atoms with Crippen molar-refractivity contribution < 1.29 is 24.2 Å². The standard InChI is InChI=1S/C31H27NO5/c1-3-17-37-24-14-6-11-21(18-24)29(33)27-28(26-16-7-10-20-9-4-5-15-25(20)26)32(31(35)30(27)34)22-12-8-13-23(19-22)36-2/h4-16,18-19,28,33H,3,17H2,1-2H3/b29-27-. The largest absolute Gasteiger partial charge is 0.507 e. The molecule has 5 rings (SSSR count). The van der Waals surface area contributed by atoms with Gasteiger partial charge in [0.2, 0.25) is 0 Å². The van der Waals surface area contributed by atoms with Crippen LogP contribution in [-0.2, 0) is 9.59 Å². The minimum absolute atomic E-state index is 0.0248. The summed E-state index contributed by atoms with van der Waals surface area (Å²) in [6, 6.07) is 26.6. The van der Waals surface area contributed by atoms with Crippen LogP contribution >= 0.6 is 0 Å². The van der Waals surface area contributed by atoms with Crippen LogP contribution in [-0.4, -0.2) is 30.5 Å². The molecule has 1 N–H and O–H groups in total. The SMILES string of the molecule is CCCOc1cccc(/C(O)=C2/C(=O)C(=O)N(c3cccc(OC)c3)C2c2cccc3ccccc23)c1. The predicted octanol–water partition coefficient (Wildman–Crippen LogP) is 6.26. The second kappa shape index (κ2) is 10.2. The van der Waals surface area contributed by atoms with Gasteiger partial charge in [0.25, 0.3) is 11.7 Å². The monoisotopic (exact) mass is 493 g/mol. The third kappa shape index (κ3) is 4.42. The molecule has 1 atom stereocenters. The van der Waals surface area contributed by atoms with Gasteiger partial charge in [-0.05, 0) is 47.0 Å². The molecule has 1 fully saturated rings. The highest BCUT2D eigenvalue weighted by molar-refractivity contribution is 6.52. The smallest absolute Gasteiger partial charge is 0.300 e. The number of Topliss-reactive ketones (excluding diaryl/α,β-unsaturated/α-hetero) is 1. The van der Waals surface area contributed by atoms with Crippen molar-refractivity contribution in [1.29, 1.82) is 0 Å². The number of fused-ring (bicyclic) bond motifs is 1. The maximum absolute atomic E-state index is 13.6. The molecule has 0 bridgehead atoms. The van der Waals surface area contributed by atoms with Crippen molar-refractivity contribution in [3.63, 3.8) is 0 Å². The van der Waals surface area contributed by atoms with Crippen molar-refractivity contribution in [2.45, 2.75) is 19.4 Å². The number of nitrogens with zero attached hydrogens (tertiary/aromatic N) is 1. The van der Waals surface area contributed by atoms with Gasteiger partial charge in [-0.15, -0.1) is 0 Å². The number of aliphatic hydroxyl groups is 1. The third-order valence-corrected chi connectivity index (χ3v) is 6.47. The van der Waals surface area contributed by atoms with Crippen LogP contribution in [0.5, 0.6) is 11.5 Å². The lowest BCUT2D eigenvalue weighted by Gasteiger charge is -2.26. The number of hydrogen-bond donors (Lipinski definition) is 1. The summed E-state index contributed by atoms with van der Waals surface area (Å²) in [5.41, 5.74) is 1.66. The number of ketones is 1. The lowest BCUT2D eigenvalue weighted by molar-refractivity contribution is -0.132. The third-order valence-electron chi connectivity index (χ3n) is 6.47. The summed E-state index contributed by atoms with van der Waals surface area (Å²) in [7, 11) is 1.54. The average Bonchev–Trinajstić information content (AvgIpc) is 3.21. The molecular formula is C31H27NO5. The molecule has 1 heterocycles. The Bertz CT molecular complexity index is 1520. The van der Waals surface area contributed by atoms with Crippen molar-refractivity contribution in [1.82, 2.24) is 0 Å². The first-order valence-electron chi connectivity index (χ1n) is 12.2. The molecule has 0 spiro atoms. The molecule has 1 amide bonds. The van der Waals surface area contributed by atoms with Crippen LogP contribution < -0.4 is 14.4 Å². The summed E-state index contributed by atoms with van der Waals surface area (Å²) < 4.78 is 11.1. The molecule has 0 saturated carbocycles. The van der Waals surface area contributed by atoms with E-state index in [1.807, 2.05) is 49.4 Å². The zero-order valence-electron chi connectivity index (χ0n) is 20.7. The van der Waals surface area contributed by atoms with Crippen molar-refractivity contribution in [2.24, 2.45) is 0 Å². The maximum atomic E-state index is 13.6. The van der Waals surface area contributed by atoms with Gasteiger partial charge in [0, 0.05) is 17.3 Å². The lowest BCUT2D eigenvalue weighted by Crippen LogP contribution is -2.29. The highest BCUT2D eigenvalue weighted by atomic mass is 16.5. The number of methoxy groups -OCH3 is 1. The summed E-state index contributed by atoms with van der Waals surface area (Å²) in [6.07, 6.45) is 0.836. The summed E-state index contributed by atoms with van der Waals surface area (Å²) >= 11 is 0. The van der Waals surface area contributed by atoms with Gasteiger partial charge in [-0.1, -0.05) is 67.6 Å². The van der Waals surface area contributed by atoms with E-state index in [1.54, 1.807) is 55.6 Å². The highest BCUT2D eigenvalue weighted by Gasteiger charge is 2.47. The van der Waals surface area contributed by atoms with Gasteiger partial charge >= 0.3 is 0 Å². The fraction of sp³-hybridized carbons (Fsp3) is 0.161. The first kappa shape index (κ1) is 24.1. The molecule has 37 heavy (non-hydrogen) atoms. The first-order chi connectivity index (χ1) is 18.0. The average molecular weight is 494 g/mol. The molecule has 1 aliphatic heterocycles. The van der Waals surface area contributed by atoms with E-state index in [4.69, 9.17) is 9.47 Å². The quantitative estimate of drug-likeness (QED) is 0.187. The Morgan fingerprint density at radius 3 is 2.43 bits per heavy atom. The van der Waals surface area contributed by atoms with Crippen LogP contribution in [0, 0.1) is 0 Å². The van der Waals surface area contributed by atoms with Crippen LogP contribution in [0.3, 0.4) is 0 Å². The van der Waals surface area contributed by atoms with E-state index >= 15 is 0 Å². The molecule has 1 saturated heterocycles. The van der Waals surface area contributed by atoms with Crippen LogP contribution in [0.25, 0.3) is 16.5 Å². The summed E-state index contributed by atoms with van der Waals surface area (Å²) in [4.78, 5) is 28.5. The van der Waals surface area contributed by atoms with E-state index in [0.29, 0.717) is 29.4 Å². The number of ether oxygens (including phenoxy) is 2. The van der Waals surface area contributed by atoms with Gasteiger partial charge in [0.15, 0.2) is 0 Å². The van der Waals surface area contributed by atoms with Gasteiger partial charge < -0.3 is 14.6 Å². The molecule has 186 valence electrons. The van der Waals surface area contributed by atoms with Gasteiger partial charge in [0.05, 0.1) is 25.3 Å². The van der Waals surface area contributed by atoms with Gasteiger partial charge in [0.1, 0.15) is 17.3 Å². The lowest BCUT2D eigenvalue weighted by atomic mass is 9.91. The molecule has 6 nitrogen and oxygen atoms in total. The van der Waals surface area contributed by atoms with E-state index in [2.05, 4.69) is 0 Å². The number of carbonyl (C=O) groups excluding carboxylic acids is 2. The van der Waals surface area contributed by atoms with Crippen LogP contribution in [0.1, 0.15) is 30.5 Å². The van der Waals surface area contributed by atoms with Crippen LogP contribution in [0.15, 0.2) is 96.6 Å². The zero-order valence-corrected chi connectivity index (χ0v) is 20.7. The van der Waals surface area contributed by atoms with Crippen LogP contribution in [0.4, 0.5) is 5.69 Å². The van der Waals surface area contributed by atoms with Crippen molar-refractivity contribution in [2.75, 3.05) is 18.6 Å². The number of anilines is 1. The number of amides is 1. The van der Waals surface area contributed by atoms with Crippen molar-refractivity contribution in [3.8, 4) is 11.5 Å². The summed E-state index contributed by atoms with van der Waals surface area (Å²) in [6.45, 7) is 2.54. The molecule has 6 heteroatoms. The van der Waals surface area contributed by atoms with Gasteiger partial charge in [-0.25, -0.2) is 0 Å². The normalized spacial score (nSPS) is 16.8. The van der Waals surface area contributed by atoms with Crippen LogP contribution in [0.2, 0.25) is 0 Å². The Morgan fingerprint density at radius 2 is 1.62 bits per heavy atom. The van der Waals surface area contributed by atoms with E-state index in [-0.39, 0.29) is 11.3 Å². The Hall–Kier alpha value is -4.58. The number of carbonyl (C=O) groups is 2. The molecule has 4 aromatic rings. The fourth-order valence-electron chi connectivity index (χ4n) is 4.75. The van der Waals surface area contributed by atoms with E-state index in [0.717, 1.165) is 22.8 Å². The Kier molecular flexibility index (Phi) is 6.64. The maximum Gasteiger partial charge on any atom is 0.300 e. The molecule has 4 aromatic carbocycles. The molecule has 0 aromatic heterocycles. The number of rotatable bonds is 7. The molecule has 1 aliphatic rings. The number of aliphatic hydroxyl groups excluding tert-OH is 1. The molecule has 1 unspecified atom stereocenters. The minimum Gasteiger partial charge on any atom is -0.507 e. The Balaban J connectivity index is 1.75. The summed E-state index contributed by atoms with van der Waals surface area (Å²) in [5, 5.41) is 13.4. The molecular weight excluding hydrogens is 466 g/mol. The van der Waals surface area contributed by atoms with E-state index in [9.17, 15) is 14.7 Å². The van der Waals surface area contributed by atoms with Crippen molar-refractivity contribution in [3.05, 3.63) is 108 Å². The second-order valence-corrected chi connectivity index (χ2v) is 8.82. The van der Waals surface area contributed by atoms with Gasteiger partial charge in [-0.2, -0.15) is 0 Å². The predicted molar refractivity (Wildman–Crippen MR) is 144 cm³/mol. The first-order valence-corrected chi connectivity index (χ1v) is 12.2. The molecule has 0 radical (unpaired) electrons. The molecule has 0 aliphatic carbocycles.